The highest BCUT2D eigenvalue weighted by Gasteiger charge is 2.18. The van der Waals surface area contributed by atoms with E-state index in [9.17, 15) is 13.7 Å². The molecule has 9 rings (SSSR count). The van der Waals surface area contributed by atoms with Crippen LogP contribution in [0.15, 0.2) is 169 Å². The summed E-state index contributed by atoms with van der Waals surface area (Å²) in [7, 11) is 0. The largest absolute Gasteiger partial charge is 0.309 e. The second-order valence-electron chi connectivity index (χ2n) is 9.26. The lowest BCUT2D eigenvalue weighted by Crippen LogP contribution is -1.95. The lowest BCUT2D eigenvalue weighted by molar-refractivity contribution is 1.17. The first-order valence-electron chi connectivity index (χ1n) is 26.8. The highest BCUT2D eigenvalue weighted by Crippen LogP contribution is 2.40. The highest BCUT2D eigenvalue weighted by atomic mass is 15.0. The van der Waals surface area contributed by atoms with Gasteiger partial charge in [-0.05, 0) is 70.6 Å². The van der Waals surface area contributed by atoms with Gasteiger partial charge in [0.05, 0.1) is 60.4 Å². The molecule has 0 atom stereocenters. The molecule has 0 unspecified atom stereocenters. The summed E-state index contributed by atoms with van der Waals surface area (Å²) in [6.45, 7) is 0. The fourth-order valence-electron chi connectivity index (χ4n) is 5.05. The SMILES string of the molecule is [2H]c1c([2H])c([2H])c(-c2c([2H])c([2H])c([2H])c(-n3c4c([2H])c([2H])c([2H])c([2H])c4c4c([2H])c5c(c([2H])c43)c3c([2H])c([2H])c([2H])c([2H])c3n5-c3c([2H])c([2H])c([2H])c(-c4c([2H])c([2H])c([2H])c([2H])c4[2H])c3[2H])c2[2H])c([2H])c1[2H]. The Morgan fingerprint density at radius 1 is 0.295 bits per heavy atom. The molecule has 2 nitrogen and oxygen atoms in total. The minimum absolute atomic E-state index is 0.614. The predicted molar refractivity (Wildman–Crippen MR) is 186 cm³/mol. The zero-order chi connectivity index (χ0) is 53.4. The van der Waals surface area contributed by atoms with Gasteiger partial charge in [-0.2, -0.15) is 0 Å². The lowest BCUT2D eigenvalue weighted by Gasteiger charge is -2.11. The van der Waals surface area contributed by atoms with Gasteiger partial charge in [-0.15, -0.1) is 0 Å². The van der Waals surface area contributed by atoms with Gasteiger partial charge in [0.1, 0.15) is 0 Å². The van der Waals surface area contributed by atoms with Crippen LogP contribution in [0.3, 0.4) is 0 Å². The number of para-hydroxylation sites is 2. The Bertz CT molecular complexity index is 3760. The van der Waals surface area contributed by atoms with E-state index in [4.69, 9.17) is 24.7 Å². The molecule has 0 radical (unpaired) electrons. The Kier molecular flexibility index (Phi) is 2.14. The number of fused-ring (bicyclic) bond motifs is 6. The van der Waals surface area contributed by atoms with E-state index in [0.29, 0.717) is 0 Å². The molecule has 0 bridgehead atoms. The summed E-state index contributed by atoms with van der Waals surface area (Å²) < 4.78 is 251. The van der Waals surface area contributed by atoms with Gasteiger partial charge in [0, 0.05) is 32.9 Å². The van der Waals surface area contributed by atoms with Gasteiger partial charge in [0.15, 0.2) is 0 Å². The number of aromatic nitrogens is 2. The van der Waals surface area contributed by atoms with Gasteiger partial charge >= 0.3 is 0 Å². The maximum Gasteiger partial charge on any atom is 0.0653 e. The average Bonchev–Trinajstić information content (AvgIpc) is 3.89. The second-order valence-corrected chi connectivity index (χ2v) is 9.26. The Morgan fingerprint density at radius 3 is 1.14 bits per heavy atom. The van der Waals surface area contributed by atoms with Crippen molar-refractivity contribution in [2.45, 2.75) is 0 Å². The van der Waals surface area contributed by atoms with Crippen molar-refractivity contribution < 1.29 is 38.4 Å². The van der Waals surface area contributed by atoms with Crippen molar-refractivity contribution in [1.29, 1.82) is 0 Å². The molecule has 2 heterocycles. The quantitative estimate of drug-likeness (QED) is 0.193. The predicted octanol–water partition coefficient (Wildman–Crippen LogP) is 11.2. The van der Waals surface area contributed by atoms with Crippen LogP contribution in [0.1, 0.15) is 38.4 Å². The van der Waals surface area contributed by atoms with Crippen molar-refractivity contribution in [2.24, 2.45) is 0 Å². The maximum atomic E-state index is 10.0. The minimum Gasteiger partial charge on any atom is -0.309 e. The van der Waals surface area contributed by atoms with Crippen LogP contribution in [0.5, 0.6) is 0 Å². The number of rotatable bonds is 4. The number of hydrogen-bond donors (Lipinski definition) is 0. The molecule has 0 N–H and O–H groups in total. The third-order valence-corrected chi connectivity index (χ3v) is 6.86. The molecule has 44 heavy (non-hydrogen) atoms. The van der Waals surface area contributed by atoms with Crippen molar-refractivity contribution in [3.63, 3.8) is 0 Å². The molecule has 2 aromatic heterocycles. The molecule has 0 saturated carbocycles. The number of hydrogen-bond acceptors (Lipinski definition) is 0. The van der Waals surface area contributed by atoms with E-state index in [-0.39, 0.29) is 0 Å². The van der Waals surface area contributed by atoms with Crippen LogP contribution in [0, 0.1) is 0 Å². The molecule has 0 spiro atoms. The summed E-state index contributed by atoms with van der Waals surface area (Å²) in [6.07, 6.45) is 0. The van der Waals surface area contributed by atoms with E-state index in [1.807, 2.05) is 0 Å². The third kappa shape index (κ3) is 3.82. The molecule has 0 aliphatic heterocycles. The van der Waals surface area contributed by atoms with E-state index in [0.717, 1.165) is 9.13 Å². The first-order chi connectivity index (χ1) is 33.5. The monoisotopic (exact) mass is 588 g/mol. The summed E-state index contributed by atoms with van der Waals surface area (Å²) >= 11 is 0. The zero-order valence-corrected chi connectivity index (χ0v) is 21.9. The smallest absolute Gasteiger partial charge is 0.0653 e. The van der Waals surface area contributed by atoms with Gasteiger partial charge < -0.3 is 9.13 Å². The first-order valence-corrected chi connectivity index (χ1v) is 12.8. The Hall–Kier alpha value is -5.86. The summed E-state index contributed by atoms with van der Waals surface area (Å²) in [6, 6.07) is -26.4. The van der Waals surface area contributed by atoms with Gasteiger partial charge in [0.2, 0.25) is 0 Å². The van der Waals surface area contributed by atoms with Gasteiger partial charge in [-0.25, -0.2) is 0 Å². The zero-order valence-electron chi connectivity index (χ0n) is 49.9. The molecule has 7 aromatic carbocycles. The maximum absolute atomic E-state index is 10.0. The second kappa shape index (κ2) is 9.86. The van der Waals surface area contributed by atoms with Gasteiger partial charge in [-0.3, -0.25) is 0 Å². The summed E-state index contributed by atoms with van der Waals surface area (Å²) in [5, 5.41) is -2.50. The van der Waals surface area contributed by atoms with Crippen LogP contribution in [-0.2, 0) is 0 Å². The van der Waals surface area contributed by atoms with Crippen LogP contribution in [0.25, 0.3) is 77.2 Å². The van der Waals surface area contributed by atoms with Gasteiger partial charge in [0.25, 0.3) is 0 Å². The van der Waals surface area contributed by atoms with Crippen molar-refractivity contribution in [1.82, 2.24) is 9.13 Å². The van der Waals surface area contributed by atoms with Crippen LogP contribution < -0.4 is 0 Å². The molecular weight excluding hydrogens is 532 g/mol. The Morgan fingerprint density at radius 2 is 0.682 bits per heavy atom. The third-order valence-electron chi connectivity index (χ3n) is 6.86. The first kappa shape index (κ1) is 9.57. The van der Waals surface area contributed by atoms with E-state index in [2.05, 4.69) is 0 Å². The van der Waals surface area contributed by atoms with Crippen LogP contribution >= 0.6 is 0 Å². The van der Waals surface area contributed by atoms with E-state index >= 15 is 0 Å². The van der Waals surface area contributed by atoms with Crippen LogP contribution in [0.2, 0.25) is 0 Å². The molecule has 0 saturated heterocycles. The average molecular weight is 589 g/mol. The van der Waals surface area contributed by atoms with E-state index < -0.39 is 246 Å². The molecule has 2 heteroatoms. The number of benzene rings is 7. The summed E-state index contributed by atoms with van der Waals surface area (Å²) in [5.41, 5.74) is -7.61. The molecule has 0 amide bonds. The highest BCUT2D eigenvalue weighted by molar-refractivity contribution is 6.19. The fourth-order valence-corrected chi connectivity index (χ4v) is 5.05. The molecule has 206 valence electrons. The van der Waals surface area contributed by atoms with E-state index in [1.54, 1.807) is 0 Å². The van der Waals surface area contributed by atoms with Crippen molar-refractivity contribution >= 4 is 43.6 Å². The fraction of sp³-hybridized carbons (Fsp3) is 0. The number of nitrogens with zero attached hydrogens (tertiary/aromatic N) is 2. The van der Waals surface area contributed by atoms with Gasteiger partial charge in [-0.1, -0.05) is 121 Å². The molecule has 0 aliphatic rings. The Balaban J connectivity index is 1.61. The Labute approximate surface area is 295 Å². The van der Waals surface area contributed by atoms with Crippen LogP contribution in [-0.4, -0.2) is 9.13 Å². The van der Waals surface area contributed by atoms with E-state index in [1.165, 1.54) is 0 Å². The molecular formula is C42H28N2. The topological polar surface area (TPSA) is 9.86 Å². The van der Waals surface area contributed by atoms with Crippen LogP contribution in [0.4, 0.5) is 0 Å². The molecule has 9 aromatic rings. The van der Waals surface area contributed by atoms with Crippen molar-refractivity contribution in [2.75, 3.05) is 0 Å². The lowest BCUT2D eigenvalue weighted by atomic mass is 10.1. The molecule has 0 aliphatic carbocycles. The van der Waals surface area contributed by atoms with Crippen molar-refractivity contribution in [3.05, 3.63) is 169 Å². The normalized spacial score (nSPS) is 20.5. The van der Waals surface area contributed by atoms with Crippen molar-refractivity contribution in [3.8, 4) is 33.6 Å². The minimum atomic E-state index is -1.03. The standard InChI is InChI=1S/C42H28N2/c1-3-13-29(14-4-1)31-17-11-19-33(25-31)43-39-23-9-7-21-35(39)37-28-42-38(27-41(37)43)36-22-8-10-24-40(36)44(42)34-20-12-18-32(26-34)30-15-5-2-6-16-30/h1-28H/i1D,2D,3D,4D,5D,6D,7D,8D,9D,10D,11D,12D,13D,14D,15D,16D,17D,18D,19D,20D,21D,22D,23D,24D,25D,26D,27D,28D. The molecule has 0 fully saturated rings. The summed E-state index contributed by atoms with van der Waals surface area (Å²) in [5.74, 6) is 0. The summed E-state index contributed by atoms with van der Waals surface area (Å²) in [4.78, 5) is 0.